The van der Waals surface area contributed by atoms with Gasteiger partial charge in [-0.25, -0.2) is 4.98 Å². The summed E-state index contributed by atoms with van der Waals surface area (Å²) >= 11 is 6.52. The lowest BCUT2D eigenvalue weighted by molar-refractivity contribution is 0.0662. The summed E-state index contributed by atoms with van der Waals surface area (Å²) in [5.74, 6) is 0.998. The summed E-state index contributed by atoms with van der Waals surface area (Å²) in [4.78, 5) is 35.1. The van der Waals surface area contributed by atoms with E-state index in [2.05, 4.69) is 0 Å². The van der Waals surface area contributed by atoms with E-state index in [0.29, 0.717) is 64.7 Å². The third-order valence-electron chi connectivity index (χ3n) is 7.12. The zero-order valence-corrected chi connectivity index (χ0v) is 23.9. The number of halogens is 1. The lowest BCUT2D eigenvalue weighted by Crippen LogP contribution is -2.40. The zero-order chi connectivity index (χ0) is 28.8. The van der Waals surface area contributed by atoms with E-state index in [1.54, 1.807) is 39.8 Å². The van der Waals surface area contributed by atoms with Gasteiger partial charge in [-0.1, -0.05) is 73.1 Å². The molecule has 41 heavy (non-hydrogen) atoms. The van der Waals surface area contributed by atoms with Gasteiger partial charge in [0.25, 0.3) is 11.5 Å². The Kier molecular flexibility index (Phi) is 8.80. The summed E-state index contributed by atoms with van der Waals surface area (Å²) in [5.41, 5.74) is 2.56. The number of rotatable bonds is 10. The van der Waals surface area contributed by atoms with Crippen LogP contribution in [0.4, 0.5) is 0 Å². The monoisotopic (exact) mass is 565 g/mol. The molecule has 208 valence electrons. The van der Waals surface area contributed by atoms with Crippen LogP contribution in [0, 0.1) is 0 Å². The van der Waals surface area contributed by atoms with Gasteiger partial charge in [-0.15, -0.1) is 0 Å². The van der Waals surface area contributed by atoms with E-state index in [-0.39, 0.29) is 11.5 Å². The fourth-order valence-corrected chi connectivity index (χ4v) is 5.32. The van der Waals surface area contributed by atoms with Crippen LogP contribution in [-0.4, -0.2) is 33.5 Å². The van der Waals surface area contributed by atoms with Crippen LogP contribution in [0.25, 0.3) is 16.6 Å². The van der Waals surface area contributed by atoms with Gasteiger partial charge in [0.1, 0.15) is 11.6 Å². The third-order valence-corrected chi connectivity index (χ3v) is 7.45. The molecule has 5 rings (SSSR count). The predicted molar refractivity (Wildman–Crippen MR) is 164 cm³/mol. The van der Waals surface area contributed by atoms with Crippen molar-refractivity contribution in [2.45, 2.75) is 32.7 Å². The molecule has 0 saturated heterocycles. The first-order valence-electron chi connectivity index (χ1n) is 13.9. The molecule has 1 unspecified atom stereocenters. The lowest BCUT2D eigenvalue weighted by Gasteiger charge is -2.33. The number of para-hydroxylation sites is 1. The fourth-order valence-electron chi connectivity index (χ4n) is 5.11. The van der Waals surface area contributed by atoms with Gasteiger partial charge in [0.15, 0.2) is 0 Å². The van der Waals surface area contributed by atoms with Gasteiger partial charge in [-0.2, -0.15) is 0 Å². The van der Waals surface area contributed by atoms with Crippen molar-refractivity contribution in [1.82, 2.24) is 14.5 Å². The molecule has 0 aliphatic rings. The van der Waals surface area contributed by atoms with Crippen LogP contribution in [0.2, 0.25) is 5.02 Å². The minimum atomic E-state index is -0.508. The topological polar surface area (TPSA) is 64.4 Å². The molecule has 0 spiro atoms. The van der Waals surface area contributed by atoms with Crippen molar-refractivity contribution >= 4 is 28.4 Å². The summed E-state index contributed by atoms with van der Waals surface area (Å²) in [6, 6.07) is 31.3. The highest BCUT2D eigenvalue weighted by Crippen LogP contribution is 2.30. The van der Waals surface area contributed by atoms with Crippen molar-refractivity contribution in [3.63, 3.8) is 0 Å². The molecular formula is C34H32ClN3O3. The number of carbonyl (C=O) groups excluding carboxylic acids is 1. The SMILES string of the molecule is CCOc1ccc(-n2c(C(CC)N(CCc3ccccc3)C(=O)c3ccccc3Cl)nc3ccccc3c2=O)cc1. The average molecular weight is 566 g/mol. The molecule has 0 saturated carbocycles. The summed E-state index contributed by atoms with van der Waals surface area (Å²) < 4.78 is 7.26. The normalized spacial score (nSPS) is 11.8. The van der Waals surface area contributed by atoms with Crippen LogP contribution in [-0.2, 0) is 6.42 Å². The first-order chi connectivity index (χ1) is 20.0. The van der Waals surface area contributed by atoms with Gasteiger partial charge in [0.2, 0.25) is 0 Å². The first-order valence-corrected chi connectivity index (χ1v) is 14.2. The van der Waals surface area contributed by atoms with Gasteiger partial charge >= 0.3 is 0 Å². The summed E-state index contributed by atoms with van der Waals surface area (Å²) in [7, 11) is 0. The van der Waals surface area contributed by atoms with E-state index in [0.717, 1.165) is 5.56 Å². The number of benzene rings is 4. The second kappa shape index (κ2) is 12.8. The largest absolute Gasteiger partial charge is 0.494 e. The molecule has 4 aromatic carbocycles. The molecule has 0 aliphatic carbocycles. The average Bonchev–Trinajstić information content (AvgIpc) is 3.00. The number of aromatic nitrogens is 2. The van der Waals surface area contributed by atoms with Crippen molar-refractivity contribution < 1.29 is 9.53 Å². The van der Waals surface area contributed by atoms with Crippen molar-refractivity contribution in [3.8, 4) is 11.4 Å². The molecular weight excluding hydrogens is 534 g/mol. The number of fused-ring (bicyclic) bond motifs is 1. The molecule has 0 fully saturated rings. The van der Waals surface area contributed by atoms with Gasteiger partial charge in [-0.05, 0) is 73.9 Å². The van der Waals surface area contributed by atoms with Crippen LogP contribution in [0.3, 0.4) is 0 Å². The number of hydrogen-bond donors (Lipinski definition) is 0. The Balaban J connectivity index is 1.68. The van der Waals surface area contributed by atoms with Crippen LogP contribution in [0.15, 0.2) is 108 Å². The van der Waals surface area contributed by atoms with Crippen molar-refractivity contribution in [2.75, 3.05) is 13.2 Å². The Morgan fingerprint density at radius 3 is 2.29 bits per heavy atom. The molecule has 1 aromatic heterocycles. The molecule has 6 nitrogen and oxygen atoms in total. The standard InChI is InChI=1S/C34H32ClN3O3/c1-3-31(37(23-22-24-12-6-5-7-13-24)33(39)27-14-8-10-16-29(27)35)32-36-30-17-11-9-15-28(30)34(40)38(32)25-18-20-26(21-19-25)41-4-2/h5-21,31H,3-4,22-23H2,1-2H3. The van der Waals surface area contributed by atoms with E-state index in [4.69, 9.17) is 21.3 Å². The highest BCUT2D eigenvalue weighted by molar-refractivity contribution is 6.33. The second-order valence-electron chi connectivity index (χ2n) is 9.69. The highest BCUT2D eigenvalue weighted by Gasteiger charge is 2.30. The van der Waals surface area contributed by atoms with Crippen LogP contribution < -0.4 is 10.3 Å². The Bertz CT molecular complexity index is 1700. The van der Waals surface area contributed by atoms with Gasteiger partial charge in [-0.3, -0.25) is 14.2 Å². The van der Waals surface area contributed by atoms with Crippen molar-refractivity contribution in [3.05, 3.63) is 135 Å². The second-order valence-corrected chi connectivity index (χ2v) is 10.1. The lowest BCUT2D eigenvalue weighted by atomic mass is 10.1. The van der Waals surface area contributed by atoms with Crippen LogP contribution in [0.1, 0.15) is 48.1 Å². The smallest absolute Gasteiger partial charge is 0.266 e. The number of amides is 1. The molecule has 5 aromatic rings. The maximum atomic E-state index is 14.2. The molecule has 1 heterocycles. The van der Waals surface area contributed by atoms with E-state index in [1.165, 1.54) is 0 Å². The fraction of sp³-hybridized carbons (Fsp3) is 0.206. The Morgan fingerprint density at radius 1 is 0.902 bits per heavy atom. The van der Waals surface area contributed by atoms with Crippen molar-refractivity contribution in [1.29, 1.82) is 0 Å². The first kappa shape index (κ1) is 28.1. The van der Waals surface area contributed by atoms with E-state index in [1.807, 2.05) is 86.6 Å². The number of nitrogens with zero attached hydrogens (tertiary/aromatic N) is 3. The van der Waals surface area contributed by atoms with E-state index < -0.39 is 6.04 Å². The molecule has 1 atom stereocenters. The zero-order valence-electron chi connectivity index (χ0n) is 23.2. The minimum absolute atomic E-state index is 0.193. The van der Waals surface area contributed by atoms with Gasteiger partial charge < -0.3 is 9.64 Å². The van der Waals surface area contributed by atoms with Crippen LogP contribution in [0.5, 0.6) is 5.75 Å². The Hall–Kier alpha value is -4.42. The summed E-state index contributed by atoms with van der Waals surface area (Å²) in [6.45, 7) is 4.89. The Labute approximate surface area is 244 Å². The van der Waals surface area contributed by atoms with E-state index in [9.17, 15) is 9.59 Å². The molecule has 0 N–H and O–H groups in total. The third kappa shape index (κ3) is 6.03. The van der Waals surface area contributed by atoms with Crippen LogP contribution >= 0.6 is 11.6 Å². The minimum Gasteiger partial charge on any atom is -0.494 e. The van der Waals surface area contributed by atoms with Gasteiger partial charge in [0.05, 0.1) is 39.8 Å². The van der Waals surface area contributed by atoms with Gasteiger partial charge in [0, 0.05) is 6.54 Å². The summed E-state index contributed by atoms with van der Waals surface area (Å²) in [6.07, 6.45) is 1.17. The van der Waals surface area contributed by atoms with E-state index >= 15 is 0 Å². The predicted octanol–water partition coefficient (Wildman–Crippen LogP) is 7.27. The Morgan fingerprint density at radius 2 is 1.59 bits per heavy atom. The highest BCUT2D eigenvalue weighted by atomic mass is 35.5. The maximum Gasteiger partial charge on any atom is 0.266 e. The molecule has 0 bridgehead atoms. The molecule has 0 aliphatic heterocycles. The number of ether oxygens (including phenoxy) is 1. The quantitative estimate of drug-likeness (QED) is 0.178. The summed E-state index contributed by atoms with van der Waals surface area (Å²) in [5, 5.41) is 0.890. The number of carbonyl (C=O) groups is 1. The maximum absolute atomic E-state index is 14.2. The molecule has 0 radical (unpaired) electrons. The molecule has 1 amide bonds. The number of hydrogen-bond acceptors (Lipinski definition) is 4. The molecule has 7 heteroatoms. The van der Waals surface area contributed by atoms with Crippen molar-refractivity contribution in [2.24, 2.45) is 0 Å².